The summed E-state index contributed by atoms with van der Waals surface area (Å²) in [5.74, 6) is -1.05. The number of benzene rings is 2. The molecule has 0 aliphatic heterocycles. The van der Waals surface area contributed by atoms with Crippen LogP contribution in [0, 0.1) is 0 Å². The molecular weight excluding hydrogens is 348 g/mol. The van der Waals surface area contributed by atoms with Crippen molar-refractivity contribution in [3.05, 3.63) is 53.1 Å². The summed E-state index contributed by atoms with van der Waals surface area (Å²) in [6, 6.07) is 11.8. The Morgan fingerprint density at radius 1 is 1.25 bits per heavy atom. The number of thioether (sulfide) groups is 1. The number of nitrogens with two attached hydrogens (primary N) is 1. The van der Waals surface area contributed by atoms with Gasteiger partial charge in [-0.3, -0.25) is 4.79 Å². The van der Waals surface area contributed by atoms with Crippen molar-refractivity contribution in [2.24, 2.45) is 0 Å². The van der Waals surface area contributed by atoms with Gasteiger partial charge in [-0.25, -0.2) is 4.79 Å². The van der Waals surface area contributed by atoms with E-state index in [0.29, 0.717) is 10.7 Å². The van der Waals surface area contributed by atoms with Crippen molar-refractivity contribution < 1.29 is 14.3 Å². The number of hydrogen-bond acceptors (Lipinski definition) is 5. The molecule has 0 aliphatic rings. The molecule has 24 heavy (non-hydrogen) atoms. The Kier molecular flexibility index (Phi) is 6.11. The van der Waals surface area contributed by atoms with Gasteiger partial charge in [0.2, 0.25) is 0 Å². The lowest BCUT2D eigenvalue weighted by Gasteiger charge is -2.15. The van der Waals surface area contributed by atoms with Gasteiger partial charge in [-0.2, -0.15) is 0 Å². The Hall–Kier alpha value is -2.18. The molecule has 0 heterocycles. The summed E-state index contributed by atoms with van der Waals surface area (Å²) >= 11 is 7.33. The Labute approximate surface area is 149 Å². The predicted octanol–water partition coefficient (Wildman–Crippen LogP) is 3.83. The fourth-order valence-corrected chi connectivity index (χ4v) is 2.61. The quantitative estimate of drug-likeness (QED) is 0.478. The number of nitrogen functional groups attached to an aromatic ring is 1. The maximum Gasteiger partial charge on any atom is 0.338 e. The first kappa shape index (κ1) is 18.2. The van der Waals surface area contributed by atoms with Gasteiger partial charge in [-0.15, -0.1) is 11.8 Å². The van der Waals surface area contributed by atoms with Gasteiger partial charge in [0.15, 0.2) is 6.10 Å². The summed E-state index contributed by atoms with van der Waals surface area (Å²) in [7, 11) is 0. The second-order valence-corrected chi connectivity index (χ2v) is 6.23. The fraction of sp³-hybridized carbons (Fsp3) is 0.176. The van der Waals surface area contributed by atoms with Crippen LogP contribution >= 0.6 is 23.4 Å². The molecule has 0 saturated heterocycles. The van der Waals surface area contributed by atoms with Gasteiger partial charge >= 0.3 is 5.97 Å². The SMILES string of the molecule is CSc1ccccc1NC(=O)C(C)OC(=O)c1ccc(Cl)c(N)c1. The minimum Gasteiger partial charge on any atom is -0.449 e. The van der Waals surface area contributed by atoms with Crippen molar-refractivity contribution in [3.63, 3.8) is 0 Å². The first-order chi connectivity index (χ1) is 11.4. The Morgan fingerprint density at radius 3 is 2.62 bits per heavy atom. The summed E-state index contributed by atoms with van der Waals surface area (Å²) in [4.78, 5) is 25.2. The summed E-state index contributed by atoms with van der Waals surface area (Å²) in [5, 5.41) is 3.11. The van der Waals surface area contributed by atoms with Gasteiger partial charge in [0.05, 0.1) is 22.0 Å². The van der Waals surface area contributed by atoms with Crippen molar-refractivity contribution in [2.45, 2.75) is 17.9 Å². The third kappa shape index (κ3) is 4.43. The van der Waals surface area contributed by atoms with Gasteiger partial charge < -0.3 is 15.8 Å². The summed E-state index contributed by atoms with van der Waals surface area (Å²) in [5.41, 5.74) is 6.85. The highest BCUT2D eigenvalue weighted by Crippen LogP contribution is 2.25. The minimum atomic E-state index is -0.954. The van der Waals surface area contributed by atoms with Crippen molar-refractivity contribution in [2.75, 3.05) is 17.3 Å². The fourth-order valence-electron chi connectivity index (χ4n) is 1.94. The average molecular weight is 365 g/mol. The molecule has 3 N–H and O–H groups in total. The van der Waals surface area contributed by atoms with E-state index in [1.54, 1.807) is 6.07 Å². The number of rotatable bonds is 5. The zero-order chi connectivity index (χ0) is 17.7. The van der Waals surface area contributed by atoms with Crippen LogP contribution in [0.3, 0.4) is 0 Å². The lowest BCUT2D eigenvalue weighted by atomic mass is 10.2. The Bertz CT molecular complexity index is 767. The maximum atomic E-state index is 12.2. The first-order valence-corrected chi connectivity index (χ1v) is 8.72. The first-order valence-electron chi connectivity index (χ1n) is 7.12. The minimum absolute atomic E-state index is 0.237. The number of ether oxygens (including phenoxy) is 1. The number of amides is 1. The molecule has 1 amide bonds. The summed E-state index contributed by atoms with van der Waals surface area (Å²) < 4.78 is 5.18. The summed E-state index contributed by atoms with van der Waals surface area (Å²) in [6.45, 7) is 1.51. The number of carbonyl (C=O) groups is 2. The van der Waals surface area contributed by atoms with Crippen LogP contribution in [0.2, 0.25) is 5.02 Å². The molecule has 0 saturated carbocycles. The molecular formula is C17H17ClN2O3S. The van der Waals surface area contributed by atoms with Crippen LogP contribution < -0.4 is 11.1 Å². The number of halogens is 1. The molecule has 0 bridgehead atoms. The molecule has 0 spiro atoms. The number of esters is 1. The van der Waals surface area contributed by atoms with E-state index in [4.69, 9.17) is 22.1 Å². The maximum absolute atomic E-state index is 12.2. The number of nitrogens with one attached hydrogen (secondary N) is 1. The number of anilines is 2. The van der Waals surface area contributed by atoms with Crippen LogP contribution in [-0.2, 0) is 9.53 Å². The molecule has 0 radical (unpaired) electrons. The monoisotopic (exact) mass is 364 g/mol. The zero-order valence-electron chi connectivity index (χ0n) is 13.2. The van der Waals surface area contributed by atoms with Crippen molar-refractivity contribution in [1.82, 2.24) is 0 Å². The van der Waals surface area contributed by atoms with Crippen LogP contribution in [0.1, 0.15) is 17.3 Å². The van der Waals surface area contributed by atoms with Crippen LogP contribution in [-0.4, -0.2) is 24.2 Å². The molecule has 7 heteroatoms. The highest BCUT2D eigenvalue weighted by molar-refractivity contribution is 7.98. The normalized spacial score (nSPS) is 11.6. The Balaban J connectivity index is 2.03. The van der Waals surface area contributed by atoms with Crippen LogP contribution in [0.5, 0.6) is 0 Å². The molecule has 1 unspecified atom stereocenters. The van der Waals surface area contributed by atoms with Gasteiger partial charge in [-0.05, 0) is 43.5 Å². The molecule has 2 rings (SSSR count). The van der Waals surface area contributed by atoms with Crippen LogP contribution in [0.15, 0.2) is 47.4 Å². The molecule has 0 aromatic heterocycles. The van der Waals surface area contributed by atoms with E-state index in [9.17, 15) is 9.59 Å². The highest BCUT2D eigenvalue weighted by atomic mass is 35.5. The molecule has 1 atom stereocenters. The number of hydrogen-bond donors (Lipinski definition) is 2. The van der Waals surface area contributed by atoms with E-state index >= 15 is 0 Å². The van der Waals surface area contributed by atoms with Crippen molar-refractivity contribution in [1.29, 1.82) is 0 Å². The molecule has 5 nitrogen and oxygen atoms in total. The number of para-hydroxylation sites is 1. The molecule has 126 valence electrons. The van der Waals surface area contributed by atoms with Crippen molar-refractivity contribution >= 4 is 46.6 Å². The van der Waals surface area contributed by atoms with Crippen LogP contribution in [0.25, 0.3) is 0 Å². The van der Waals surface area contributed by atoms with Gasteiger partial charge in [0, 0.05) is 4.90 Å². The molecule has 0 fully saturated rings. The van der Waals surface area contributed by atoms with E-state index in [1.807, 2.05) is 24.5 Å². The van der Waals surface area contributed by atoms with Crippen LogP contribution in [0.4, 0.5) is 11.4 Å². The highest BCUT2D eigenvalue weighted by Gasteiger charge is 2.20. The molecule has 0 aliphatic carbocycles. The third-order valence-corrected chi connectivity index (χ3v) is 4.39. The van der Waals surface area contributed by atoms with E-state index in [0.717, 1.165) is 4.90 Å². The lowest BCUT2D eigenvalue weighted by Crippen LogP contribution is -2.30. The molecule has 2 aromatic rings. The Morgan fingerprint density at radius 2 is 1.96 bits per heavy atom. The predicted molar refractivity (Wildman–Crippen MR) is 97.6 cm³/mol. The third-order valence-electron chi connectivity index (χ3n) is 3.25. The second kappa shape index (κ2) is 8.08. The standard InChI is InChI=1S/C17H17ClN2O3S/c1-10(16(21)20-14-5-3-4-6-15(14)24-2)23-17(22)11-7-8-12(18)13(19)9-11/h3-10H,19H2,1-2H3,(H,20,21). The molecule has 2 aromatic carbocycles. The van der Waals surface area contributed by atoms with E-state index in [-0.39, 0.29) is 11.3 Å². The largest absolute Gasteiger partial charge is 0.449 e. The van der Waals surface area contributed by atoms with E-state index in [2.05, 4.69) is 5.32 Å². The van der Waals surface area contributed by atoms with Gasteiger partial charge in [0.1, 0.15) is 0 Å². The average Bonchev–Trinajstić information content (AvgIpc) is 2.57. The smallest absolute Gasteiger partial charge is 0.338 e. The second-order valence-electron chi connectivity index (χ2n) is 4.97. The van der Waals surface area contributed by atoms with Crippen molar-refractivity contribution in [3.8, 4) is 0 Å². The van der Waals surface area contributed by atoms with Gasteiger partial charge in [-0.1, -0.05) is 23.7 Å². The van der Waals surface area contributed by atoms with E-state index in [1.165, 1.54) is 36.9 Å². The zero-order valence-corrected chi connectivity index (χ0v) is 14.8. The summed E-state index contributed by atoms with van der Waals surface area (Å²) in [6.07, 6.45) is 0.962. The van der Waals surface area contributed by atoms with E-state index < -0.39 is 18.0 Å². The van der Waals surface area contributed by atoms with Gasteiger partial charge in [0.25, 0.3) is 5.91 Å². The number of carbonyl (C=O) groups excluding carboxylic acids is 2. The lowest BCUT2D eigenvalue weighted by molar-refractivity contribution is -0.123. The topological polar surface area (TPSA) is 81.4 Å².